The van der Waals surface area contributed by atoms with Gasteiger partial charge in [0.2, 0.25) is 0 Å². The average Bonchev–Trinajstić information content (AvgIpc) is 3.82. The predicted molar refractivity (Wildman–Crippen MR) is 259 cm³/mol. The highest BCUT2D eigenvalue weighted by molar-refractivity contribution is 6.02. The molecule has 2 aliphatic rings. The maximum Gasteiger partial charge on any atom is 0.0726 e. The zero-order chi connectivity index (χ0) is 41.0. The van der Waals surface area contributed by atoms with Crippen LogP contribution in [0.5, 0.6) is 0 Å². The van der Waals surface area contributed by atoms with Crippen LogP contribution in [0.1, 0.15) is 22.3 Å². The van der Waals surface area contributed by atoms with Crippen molar-refractivity contribution in [2.75, 3.05) is 4.90 Å². The summed E-state index contributed by atoms with van der Waals surface area (Å²) in [5.41, 5.74) is 22.8. The molecule has 62 heavy (non-hydrogen) atoms. The lowest BCUT2D eigenvalue weighted by Crippen LogP contribution is -2.26. The molecule has 0 bridgehead atoms. The highest BCUT2D eigenvalue weighted by Crippen LogP contribution is 2.63. The predicted octanol–water partition coefficient (Wildman–Crippen LogP) is 16.2. The molecule has 10 aromatic rings. The van der Waals surface area contributed by atoms with E-state index in [9.17, 15) is 0 Å². The van der Waals surface area contributed by atoms with Crippen molar-refractivity contribution in [3.8, 4) is 66.8 Å². The number of fused-ring (bicyclic) bond motifs is 10. The van der Waals surface area contributed by atoms with Crippen LogP contribution in [0.2, 0.25) is 0 Å². The molecule has 12 rings (SSSR count). The number of hydrogen-bond donors (Lipinski definition) is 0. The smallest absolute Gasteiger partial charge is 0.0726 e. The van der Waals surface area contributed by atoms with Gasteiger partial charge in [0, 0.05) is 16.9 Å². The average molecular weight is 788 g/mol. The minimum Gasteiger partial charge on any atom is -0.310 e. The van der Waals surface area contributed by atoms with Gasteiger partial charge in [-0.25, -0.2) is 0 Å². The van der Waals surface area contributed by atoms with Gasteiger partial charge in [-0.3, -0.25) is 0 Å². The summed E-state index contributed by atoms with van der Waals surface area (Å²) >= 11 is 0. The molecule has 0 aliphatic heterocycles. The Morgan fingerprint density at radius 2 is 0.645 bits per heavy atom. The summed E-state index contributed by atoms with van der Waals surface area (Å²) in [6.45, 7) is 0. The Hall–Kier alpha value is -8.00. The second-order valence-electron chi connectivity index (χ2n) is 16.3. The van der Waals surface area contributed by atoms with E-state index in [4.69, 9.17) is 0 Å². The van der Waals surface area contributed by atoms with Crippen molar-refractivity contribution in [3.63, 3.8) is 0 Å². The quantitative estimate of drug-likeness (QED) is 0.155. The molecule has 2 aliphatic carbocycles. The number of hydrogen-bond acceptors (Lipinski definition) is 1. The molecule has 10 aromatic carbocycles. The van der Waals surface area contributed by atoms with Gasteiger partial charge in [0.25, 0.3) is 0 Å². The molecule has 0 heterocycles. The Bertz CT molecular complexity index is 3210. The number of rotatable bonds is 7. The summed E-state index contributed by atoms with van der Waals surface area (Å²) in [5.74, 6) is 0. The van der Waals surface area contributed by atoms with Crippen LogP contribution >= 0.6 is 0 Å². The first-order valence-electron chi connectivity index (χ1n) is 21.5. The first-order valence-corrected chi connectivity index (χ1v) is 21.5. The summed E-state index contributed by atoms with van der Waals surface area (Å²) in [4.78, 5) is 2.50. The minimum atomic E-state index is -0.466. The maximum absolute atomic E-state index is 2.50. The highest BCUT2D eigenvalue weighted by Gasteiger charge is 2.51. The van der Waals surface area contributed by atoms with Crippen LogP contribution in [0.4, 0.5) is 17.1 Å². The number of anilines is 3. The van der Waals surface area contributed by atoms with E-state index >= 15 is 0 Å². The van der Waals surface area contributed by atoms with E-state index in [1.807, 2.05) is 0 Å². The molecular weight excluding hydrogens is 747 g/mol. The van der Waals surface area contributed by atoms with Gasteiger partial charge in [-0.1, -0.05) is 218 Å². The Morgan fingerprint density at radius 3 is 1.21 bits per heavy atom. The summed E-state index contributed by atoms with van der Waals surface area (Å²) < 4.78 is 0. The molecular formula is C61H41N. The largest absolute Gasteiger partial charge is 0.310 e. The van der Waals surface area contributed by atoms with E-state index < -0.39 is 5.41 Å². The fourth-order valence-electron chi connectivity index (χ4n) is 10.5. The topological polar surface area (TPSA) is 3.24 Å². The van der Waals surface area contributed by atoms with E-state index in [0.29, 0.717) is 0 Å². The van der Waals surface area contributed by atoms with Crippen LogP contribution in [0, 0.1) is 0 Å². The van der Waals surface area contributed by atoms with Crippen molar-refractivity contribution in [1.29, 1.82) is 0 Å². The van der Waals surface area contributed by atoms with Gasteiger partial charge in [-0.15, -0.1) is 0 Å². The Balaban J connectivity index is 1.16. The van der Waals surface area contributed by atoms with E-state index in [1.165, 1.54) is 89.0 Å². The van der Waals surface area contributed by atoms with Crippen LogP contribution < -0.4 is 4.90 Å². The van der Waals surface area contributed by atoms with Crippen LogP contribution in [0.3, 0.4) is 0 Å². The molecule has 0 saturated heterocycles. The lowest BCUT2D eigenvalue weighted by Gasteiger charge is -2.33. The van der Waals surface area contributed by atoms with Crippen LogP contribution in [0.15, 0.2) is 249 Å². The van der Waals surface area contributed by atoms with E-state index in [1.54, 1.807) is 0 Å². The summed E-state index contributed by atoms with van der Waals surface area (Å²) in [6, 6.07) is 91.6. The van der Waals surface area contributed by atoms with Crippen LogP contribution in [0.25, 0.3) is 66.8 Å². The monoisotopic (exact) mass is 787 g/mol. The van der Waals surface area contributed by atoms with Gasteiger partial charge in [0.15, 0.2) is 0 Å². The van der Waals surface area contributed by atoms with Crippen molar-refractivity contribution in [2.45, 2.75) is 5.41 Å². The maximum atomic E-state index is 2.50. The molecule has 0 radical (unpaired) electrons. The standard InChI is InChI=1S/C61H41N/c1-4-19-42(20-5-1)43-35-37-46(38-36-43)62(59-34-18-30-49(45-23-8-3-9-24-45)60(59)54-29-11-10-25-48(54)44-21-6-2-7-22-44)47-39-40-53-52-28-14-17-33-57(52)61(58(53)41-47)55-31-15-12-26-50(55)51-27-13-16-32-56(51)61/h1-41H. The van der Waals surface area contributed by atoms with Gasteiger partial charge >= 0.3 is 0 Å². The molecule has 0 fully saturated rings. The second kappa shape index (κ2) is 14.6. The fraction of sp³-hybridized carbons (Fsp3) is 0.0164. The van der Waals surface area contributed by atoms with E-state index in [2.05, 4.69) is 254 Å². The highest BCUT2D eigenvalue weighted by atomic mass is 15.1. The minimum absolute atomic E-state index is 0.466. The third-order valence-electron chi connectivity index (χ3n) is 13.1. The normalized spacial score (nSPS) is 12.6. The Labute approximate surface area is 363 Å². The second-order valence-corrected chi connectivity index (χ2v) is 16.3. The molecule has 0 aromatic heterocycles. The third-order valence-corrected chi connectivity index (χ3v) is 13.1. The zero-order valence-corrected chi connectivity index (χ0v) is 34.1. The molecule has 1 heteroatoms. The zero-order valence-electron chi connectivity index (χ0n) is 34.1. The summed E-state index contributed by atoms with van der Waals surface area (Å²) in [7, 11) is 0. The van der Waals surface area contributed by atoms with Crippen molar-refractivity contribution in [1.82, 2.24) is 0 Å². The van der Waals surface area contributed by atoms with Gasteiger partial charge < -0.3 is 4.90 Å². The molecule has 290 valence electrons. The molecule has 1 nitrogen and oxygen atoms in total. The van der Waals surface area contributed by atoms with Gasteiger partial charge in [-0.05, 0) is 114 Å². The van der Waals surface area contributed by atoms with Crippen LogP contribution in [-0.4, -0.2) is 0 Å². The summed E-state index contributed by atoms with van der Waals surface area (Å²) in [6.07, 6.45) is 0. The number of nitrogens with zero attached hydrogens (tertiary/aromatic N) is 1. The van der Waals surface area contributed by atoms with Crippen molar-refractivity contribution >= 4 is 17.1 Å². The van der Waals surface area contributed by atoms with Crippen molar-refractivity contribution < 1.29 is 0 Å². The van der Waals surface area contributed by atoms with Crippen molar-refractivity contribution in [2.24, 2.45) is 0 Å². The van der Waals surface area contributed by atoms with Gasteiger partial charge in [-0.2, -0.15) is 0 Å². The van der Waals surface area contributed by atoms with Crippen LogP contribution in [-0.2, 0) is 5.41 Å². The van der Waals surface area contributed by atoms with Crippen molar-refractivity contribution in [3.05, 3.63) is 271 Å². The van der Waals surface area contributed by atoms with E-state index in [0.717, 1.165) is 17.1 Å². The van der Waals surface area contributed by atoms with Gasteiger partial charge in [0.1, 0.15) is 0 Å². The Kier molecular flexibility index (Phi) is 8.47. The third kappa shape index (κ3) is 5.49. The lowest BCUT2D eigenvalue weighted by molar-refractivity contribution is 0.793. The SMILES string of the molecule is c1ccc(-c2ccc(N(c3ccc4c(c3)C3(c5ccccc5-c5ccccc53)c3ccccc3-4)c3cccc(-c4ccccc4)c3-c3ccccc3-c3ccccc3)cc2)cc1. The summed E-state index contributed by atoms with van der Waals surface area (Å²) in [5, 5.41) is 0. The lowest BCUT2D eigenvalue weighted by atomic mass is 9.70. The molecule has 1 spiro atoms. The fourth-order valence-corrected chi connectivity index (χ4v) is 10.5. The first-order chi connectivity index (χ1) is 30.8. The van der Waals surface area contributed by atoms with Gasteiger partial charge in [0.05, 0.1) is 11.1 Å². The first kappa shape index (κ1) is 35.9. The number of benzene rings is 10. The molecule has 0 atom stereocenters. The Morgan fingerprint density at radius 1 is 0.242 bits per heavy atom. The molecule has 0 N–H and O–H groups in total. The molecule has 0 amide bonds. The van der Waals surface area contributed by atoms with E-state index in [-0.39, 0.29) is 0 Å². The molecule has 0 unspecified atom stereocenters. The molecule has 0 saturated carbocycles.